The molecule has 7 heteroatoms. The number of aromatic amines is 1. The van der Waals surface area contributed by atoms with Crippen molar-refractivity contribution in [3.8, 4) is 0 Å². The number of hydrogen-bond acceptors (Lipinski definition) is 6. The molecule has 156 valence electrons. The highest BCUT2D eigenvalue weighted by atomic mass is 16.5. The number of carbonyl (C=O) groups excluding carboxylic acids is 1. The summed E-state index contributed by atoms with van der Waals surface area (Å²) in [5.74, 6) is -0.314. The Bertz CT molecular complexity index is 786. The molecule has 2 saturated heterocycles. The van der Waals surface area contributed by atoms with Gasteiger partial charge in [0.25, 0.3) is 0 Å². The van der Waals surface area contributed by atoms with Crippen molar-refractivity contribution in [2.24, 2.45) is 0 Å². The van der Waals surface area contributed by atoms with Crippen molar-refractivity contribution in [2.75, 3.05) is 50.8 Å². The summed E-state index contributed by atoms with van der Waals surface area (Å²) in [6.45, 7) is 9.40. The molecule has 7 nitrogen and oxygen atoms in total. The summed E-state index contributed by atoms with van der Waals surface area (Å²) in [6.07, 6.45) is 4.20. The van der Waals surface area contributed by atoms with Gasteiger partial charge in [-0.25, -0.2) is 4.79 Å². The molecule has 2 aromatic rings. The predicted octanol–water partition coefficient (Wildman–Crippen LogP) is 2.37. The Kier molecular flexibility index (Phi) is 6.46. The number of nitrogens with zero attached hydrogens (tertiary/aromatic N) is 4. The zero-order chi connectivity index (χ0) is 20.1. The maximum absolute atomic E-state index is 12.1. The summed E-state index contributed by atoms with van der Waals surface area (Å²) >= 11 is 0. The van der Waals surface area contributed by atoms with Gasteiger partial charge in [-0.1, -0.05) is 18.2 Å². The highest BCUT2D eigenvalue weighted by Crippen LogP contribution is 2.22. The molecule has 1 unspecified atom stereocenters. The normalized spacial score (nSPS) is 21.3. The van der Waals surface area contributed by atoms with Crippen LogP contribution in [0.15, 0.2) is 36.5 Å². The van der Waals surface area contributed by atoms with E-state index in [-0.39, 0.29) is 5.97 Å². The van der Waals surface area contributed by atoms with Crippen molar-refractivity contribution in [3.05, 3.63) is 47.8 Å². The lowest BCUT2D eigenvalue weighted by molar-refractivity contribution is 0.0514. The first-order valence-corrected chi connectivity index (χ1v) is 10.7. The van der Waals surface area contributed by atoms with Gasteiger partial charge < -0.3 is 9.64 Å². The molecule has 0 radical (unpaired) electrons. The molecule has 1 atom stereocenters. The number of carbonyl (C=O) groups is 1. The van der Waals surface area contributed by atoms with Crippen LogP contribution >= 0.6 is 0 Å². The Morgan fingerprint density at radius 2 is 1.97 bits per heavy atom. The number of ether oxygens (including phenoxy) is 1. The number of piperidine rings is 1. The van der Waals surface area contributed by atoms with Gasteiger partial charge in [0.05, 0.1) is 12.8 Å². The van der Waals surface area contributed by atoms with Crippen LogP contribution in [0.5, 0.6) is 0 Å². The van der Waals surface area contributed by atoms with Gasteiger partial charge in [0.15, 0.2) is 0 Å². The molecular formula is C22H31N5O2. The lowest BCUT2D eigenvalue weighted by Crippen LogP contribution is -2.55. The number of aromatic nitrogens is 2. The van der Waals surface area contributed by atoms with E-state index in [1.165, 1.54) is 18.5 Å². The van der Waals surface area contributed by atoms with Gasteiger partial charge in [0.2, 0.25) is 0 Å². The standard InChI is InChI=1S/C22H31N5O2/c1-2-29-22(28)21-18(15-23-24-21)16-25-10-6-9-20(17-25)27-13-11-26(12-14-27)19-7-4-3-5-8-19/h3-5,7-8,15,20H,2,6,9-14,16-17H2,1H3,(H,23,24). The summed E-state index contributed by atoms with van der Waals surface area (Å²) < 4.78 is 5.14. The molecule has 4 rings (SSSR count). The van der Waals surface area contributed by atoms with Crippen LogP contribution in [0.3, 0.4) is 0 Å². The third-order valence-electron chi connectivity index (χ3n) is 6.02. The van der Waals surface area contributed by atoms with Crippen LogP contribution in [0.1, 0.15) is 35.8 Å². The fraction of sp³-hybridized carbons (Fsp3) is 0.545. The van der Waals surface area contributed by atoms with Crippen molar-refractivity contribution in [1.29, 1.82) is 0 Å². The van der Waals surface area contributed by atoms with Crippen LogP contribution in [0.4, 0.5) is 5.69 Å². The molecule has 1 aromatic heterocycles. The fourth-order valence-corrected chi connectivity index (χ4v) is 4.51. The van der Waals surface area contributed by atoms with Gasteiger partial charge in [-0.2, -0.15) is 5.10 Å². The molecule has 2 aliphatic rings. The van der Waals surface area contributed by atoms with Crippen LogP contribution in [-0.4, -0.2) is 77.9 Å². The second kappa shape index (κ2) is 9.41. The number of esters is 1. The smallest absolute Gasteiger partial charge is 0.356 e. The SMILES string of the molecule is CCOC(=O)c1[nH]ncc1CN1CCCC(N2CCN(c3ccccc3)CC2)C1. The van der Waals surface area contributed by atoms with E-state index >= 15 is 0 Å². The van der Waals surface area contributed by atoms with Crippen molar-refractivity contribution in [1.82, 2.24) is 20.0 Å². The van der Waals surface area contributed by atoms with E-state index in [0.29, 0.717) is 18.3 Å². The van der Waals surface area contributed by atoms with Gasteiger partial charge >= 0.3 is 5.97 Å². The van der Waals surface area contributed by atoms with Crippen molar-refractivity contribution in [3.63, 3.8) is 0 Å². The number of H-pyrrole nitrogens is 1. The van der Waals surface area contributed by atoms with E-state index in [1.807, 2.05) is 6.92 Å². The molecule has 29 heavy (non-hydrogen) atoms. The number of hydrogen-bond donors (Lipinski definition) is 1. The third kappa shape index (κ3) is 4.79. The quantitative estimate of drug-likeness (QED) is 0.755. The van der Waals surface area contributed by atoms with Gasteiger partial charge in [0.1, 0.15) is 5.69 Å². The van der Waals surface area contributed by atoms with E-state index in [0.717, 1.165) is 51.4 Å². The minimum Gasteiger partial charge on any atom is -0.461 e. The van der Waals surface area contributed by atoms with E-state index in [4.69, 9.17) is 4.74 Å². The summed E-state index contributed by atoms with van der Waals surface area (Å²) in [7, 11) is 0. The number of nitrogens with one attached hydrogen (secondary N) is 1. The third-order valence-corrected chi connectivity index (χ3v) is 6.02. The average Bonchev–Trinajstić information content (AvgIpc) is 3.23. The number of benzene rings is 1. The van der Waals surface area contributed by atoms with Gasteiger partial charge in [-0.3, -0.25) is 14.9 Å². The molecule has 2 fully saturated rings. The summed E-state index contributed by atoms with van der Waals surface area (Å²) in [5.41, 5.74) is 2.74. The summed E-state index contributed by atoms with van der Waals surface area (Å²) in [5, 5.41) is 6.88. The Hall–Kier alpha value is -2.38. The molecule has 1 aromatic carbocycles. The average molecular weight is 398 g/mol. The van der Waals surface area contributed by atoms with E-state index < -0.39 is 0 Å². The number of anilines is 1. The predicted molar refractivity (Wildman–Crippen MR) is 113 cm³/mol. The number of para-hydroxylation sites is 1. The van der Waals surface area contributed by atoms with E-state index in [2.05, 4.69) is 55.2 Å². The second-order valence-electron chi connectivity index (χ2n) is 7.88. The highest BCUT2D eigenvalue weighted by Gasteiger charge is 2.29. The first kappa shape index (κ1) is 19.9. The van der Waals surface area contributed by atoms with Crippen molar-refractivity contribution in [2.45, 2.75) is 32.4 Å². The Morgan fingerprint density at radius 3 is 2.72 bits per heavy atom. The van der Waals surface area contributed by atoms with Crippen molar-refractivity contribution >= 4 is 11.7 Å². The molecule has 0 aliphatic carbocycles. The largest absolute Gasteiger partial charge is 0.461 e. The summed E-state index contributed by atoms with van der Waals surface area (Å²) in [4.78, 5) is 19.7. The molecule has 1 N–H and O–H groups in total. The first-order chi connectivity index (χ1) is 14.2. The maximum Gasteiger partial charge on any atom is 0.356 e. The zero-order valence-electron chi connectivity index (χ0n) is 17.2. The Labute approximate surface area is 172 Å². The van der Waals surface area contributed by atoms with Crippen molar-refractivity contribution < 1.29 is 9.53 Å². The van der Waals surface area contributed by atoms with Crippen LogP contribution < -0.4 is 4.90 Å². The minimum absolute atomic E-state index is 0.314. The van der Waals surface area contributed by atoms with Crippen LogP contribution in [0.25, 0.3) is 0 Å². The van der Waals surface area contributed by atoms with Gasteiger partial charge in [-0.05, 0) is 38.4 Å². The number of likely N-dealkylation sites (tertiary alicyclic amines) is 1. The van der Waals surface area contributed by atoms with Crippen LogP contribution in [0, 0.1) is 0 Å². The maximum atomic E-state index is 12.1. The second-order valence-corrected chi connectivity index (χ2v) is 7.88. The topological polar surface area (TPSA) is 64.7 Å². The molecule has 0 amide bonds. The molecule has 2 aliphatic heterocycles. The number of rotatable bonds is 6. The monoisotopic (exact) mass is 397 g/mol. The number of piperazine rings is 1. The molecule has 0 saturated carbocycles. The lowest BCUT2D eigenvalue weighted by Gasteiger charge is -2.44. The minimum atomic E-state index is -0.314. The van der Waals surface area contributed by atoms with Crippen LogP contribution in [0.2, 0.25) is 0 Å². The summed E-state index contributed by atoms with van der Waals surface area (Å²) in [6, 6.07) is 11.3. The molecule has 0 spiro atoms. The Morgan fingerprint density at radius 1 is 1.17 bits per heavy atom. The highest BCUT2D eigenvalue weighted by molar-refractivity contribution is 5.88. The fourth-order valence-electron chi connectivity index (χ4n) is 4.51. The van der Waals surface area contributed by atoms with Crippen LogP contribution in [-0.2, 0) is 11.3 Å². The Balaban J connectivity index is 1.32. The molecular weight excluding hydrogens is 366 g/mol. The zero-order valence-corrected chi connectivity index (χ0v) is 17.2. The lowest BCUT2D eigenvalue weighted by atomic mass is 10.0. The molecule has 3 heterocycles. The van der Waals surface area contributed by atoms with Gasteiger partial charge in [-0.15, -0.1) is 0 Å². The molecule has 0 bridgehead atoms. The van der Waals surface area contributed by atoms with E-state index in [9.17, 15) is 4.79 Å². The van der Waals surface area contributed by atoms with Gasteiger partial charge in [0, 0.05) is 56.6 Å². The van der Waals surface area contributed by atoms with E-state index in [1.54, 1.807) is 6.20 Å². The first-order valence-electron chi connectivity index (χ1n) is 10.7.